The Kier molecular flexibility index (Phi) is 5.14. The fraction of sp³-hybridized carbons (Fsp3) is 0.385. The molecule has 0 fully saturated rings. The first-order valence-electron chi connectivity index (χ1n) is 5.28. The Labute approximate surface area is 102 Å². The topological polar surface area (TPSA) is 0 Å². The molecule has 0 atom stereocenters. The van der Waals surface area contributed by atoms with Gasteiger partial charge < -0.3 is 0 Å². The van der Waals surface area contributed by atoms with Crippen LogP contribution in [0.15, 0.2) is 30.3 Å². The van der Waals surface area contributed by atoms with Gasteiger partial charge in [0.05, 0.1) is 0 Å². The summed E-state index contributed by atoms with van der Waals surface area (Å²) in [6, 6.07) is 11.5. The van der Waals surface area contributed by atoms with Crippen molar-refractivity contribution in [2.45, 2.75) is 25.6 Å². The van der Waals surface area contributed by atoms with Crippen molar-refractivity contribution in [2.24, 2.45) is 0 Å². The van der Waals surface area contributed by atoms with Gasteiger partial charge in [-0.3, -0.25) is 0 Å². The van der Waals surface area contributed by atoms with Crippen molar-refractivity contribution in [1.29, 1.82) is 0 Å². The zero-order valence-corrected chi connectivity index (χ0v) is 12.0. The highest BCUT2D eigenvalue weighted by molar-refractivity contribution is 9.09. The van der Waals surface area contributed by atoms with Gasteiger partial charge in [0, 0.05) is 10.9 Å². The zero-order chi connectivity index (χ0) is 11.1. The van der Waals surface area contributed by atoms with Crippen molar-refractivity contribution in [1.82, 2.24) is 0 Å². The molecule has 0 aliphatic carbocycles. The van der Waals surface area contributed by atoms with Crippen LogP contribution in [0.4, 0.5) is 0 Å². The second-order valence-electron chi connectivity index (χ2n) is 4.29. The van der Waals surface area contributed by atoms with E-state index in [9.17, 15) is 0 Å². The minimum Gasteiger partial charge on any atom is -0.126 e. The normalized spacial score (nSPS) is 10.6. The first-order chi connectivity index (χ1) is 7.14. The Balaban J connectivity index is 2.64. The van der Waals surface area contributed by atoms with Gasteiger partial charge in [0.1, 0.15) is 8.07 Å². The van der Waals surface area contributed by atoms with Crippen LogP contribution in [0.3, 0.4) is 0 Å². The lowest BCUT2D eigenvalue weighted by atomic mass is 10.2. The minimum absolute atomic E-state index is 1.09. The summed E-state index contributed by atoms with van der Waals surface area (Å²) >= 11 is 3.47. The highest BCUT2D eigenvalue weighted by Crippen LogP contribution is 2.12. The van der Waals surface area contributed by atoms with E-state index >= 15 is 0 Å². The molecule has 0 aliphatic heterocycles. The zero-order valence-electron chi connectivity index (χ0n) is 9.39. The van der Waals surface area contributed by atoms with E-state index in [1.807, 2.05) is 18.2 Å². The third kappa shape index (κ3) is 5.20. The maximum atomic E-state index is 3.48. The molecular weight excluding hydrogens is 264 g/mol. The van der Waals surface area contributed by atoms with Crippen LogP contribution in [0.1, 0.15) is 12.0 Å². The lowest BCUT2D eigenvalue weighted by Gasteiger charge is -2.12. The summed E-state index contributed by atoms with van der Waals surface area (Å²) in [5.41, 5.74) is 4.61. The summed E-state index contributed by atoms with van der Waals surface area (Å²) in [7, 11) is -1.30. The average Bonchev–Trinajstić information content (AvgIpc) is 2.25. The maximum Gasteiger partial charge on any atom is 0.132 e. The van der Waals surface area contributed by atoms with Crippen molar-refractivity contribution < 1.29 is 0 Å². The molecule has 1 aromatic rings. The molecule has 80 valence electrons. The number of halogens is 1. The minimum atomic E-state index is -1.30. The van der Waals surface area contributed by atoms with Gasteiger partial charge in [-0.25, -0.2) is 0 Å². The number of hydrogen-bond donors (Lipinski definition) is 0. The van der Waals surface area contributed by atoms with Crippen LogP contribution < -0.4 is 0 Å². The van der Waals surface area contributed by atoms with Crippen LogP contribution in [0.2, 0.25) is 19.1 Å². The van der Waals surface area contributed by atoms with E-state index in [0.717, 1.165) is 10.9 Å². The van der Waals surface area contributed by atoms with Gasteiger partial charge in [-0.15, -0.1) is 5.54 Å². The number of alkyl halides is 1. The van der Waals surface area contributed by atoms with Gasteiger partial charge in [0.15, 0.2) is 0 Å². The molecule has 0 spiro atoms. The number of benzene rings is 1. The van der Waals surface area contributed by atoms with Gasteiger partial charge in [0.2, 0.25) is 0 Å². The second kappa shape index (κ2) is 6.15. The van der Waals surface area contributed by atoms with Crippen molar-refractivity contribution >= 4 is 24.0 Å². The molecule has 0 radical (unpaired) electrons. The SMILES string of the molecule is C[Si](C)(C#Cc1ccccc1)CCCBr. The van der Waals surface area contributed by atoms with E-state index in [0.29, 0.717) is 0 Å². The molecule has 2 heteroatoms. The van der Waals surface area contributed by atoms with Gasteiger partial charge in [-0.05, 0) is 24.6 Å². The molecule has 1 aromatic carbocycles. The van der Waals surface area contributed by atoms with Gasteiger partial charge in [-0.2, -0.15) is 0 Å². The lowest BCUT2D eigenvalue weighted by Crippen LogP contribution is -2.22. The molecule has 0 saturated carbocycles. The molecule has 1 rings (SSSR count). The van der Waals surface area contributed by atoms with Crippen LogP contribution in [-0.4, -0.2) is 13.4 Å². The predicted molar refractivity (Wildman–Crippen MR) is 74.0 cm³/mol. The van der Waals surface area contributed by atoms with Crippen molar-refractivity contribution in [3.63, 3.8) is 0 Å². The fourth-order valence-corrected chi connectivity index (χ4v) is 3.80. The first kappa shape index (κ1) is 12.5. The Hall–Kier alpha value is -0.523. The summed E-state index contributed by atoms with van der Waals surface area (Å²) in [5.74, 6) is 3.29. The van der Waals surface area contributed by atoms with Crippen LogP contribution in [-0.2, 0) is 0 Å². The molecule has 0 bridgehead atoms. The molecule has 0 aliphatic rings. The van der Waals surface area contributed by atoms with Gasteiger partial charge >= 0.3 is 0 Å². The van der Waals surface area contributed by atoms with Crippen LogP contribution in [0, 0.1) is 11.5 Å². The van der Waals surface area contributed by atoms with Gasteiger partial charge in [0.25, 0.3) is 0 Å². The molecule has 0 N–H and O–H groups in total. The van der Waals surface area contributed by atoms with Crippen molar-refractivity contribution in [3.8, 4) is 11.5 Å². The smallest absolute Gasteiger partial charge is 0.126 e. The largest absolute Gasteiger partial charge is 0.132 e. The van der Waals surface area contributed by atoms with Crippen molar-refractivity contribution in [2.75, 3.05) is 5.33 Å². The Morgan fingerprint density at radius 2 is 1.87 bits per heavy atom. The number of rotatable bonds is 3. The fourth-order valence-electron chi connectivity index (χ4n) is 1.33. The Bertz CT molecular complexity index is 346. The van der Waals surface area contributed by atoms with E-state index in [2.05, 4.69) is 52.6 Å². The summed E-state index contributed by atoms with van der Waals surface area (Å²) in [4.78, 5) is 0. The van der Waals surface area contributed by atoms with Crippen molar-refractivity contribution in [3.05, 3.63) is 35.9 Å². The third-order valence-corrected chi connectivity index (χ3v) is 5.22. The van der Waals surface area contributed by atoms with E-state index < -0.39 is 8.07 Å². The number of hydrogen-bond acceptors (Lipinski definition) is 0. The maximum absolute atomic E-state index is 3.48. The molecule has 0 unspecified atom stereocenters. The molecular formula is C13H17BrSi. The predicted octanol–water partition coefficient (Wildman–Crippen LogP) is 4.07. The first-order valence-corrected chi connectivity index (χ1v) is 9.61. The van der Waals surface area contributed by atoms with Crippen LogP contribution in [0.25, 0.3) is 0 Å². The highest BCUT2D eigenvalue weighted by atomic mass is 79.9. The molecule has 0 saturated heterocycles. The van der Waals surface area contributed by atoms with E-state index in [1.54, 1.807) is 0 Å². The standard InChI is InChI=1S/C13H17BrSi/c1-15(2,11-6-10-14)12-9-13-7-4-3-5-8-13/h3-5,7-8H,6,10-11H2,1-2H3. The summed E-state index contributed by atoms with van der Waals surface area (Å²) < 4.78 is 0. The molecule has 15 heavy (non-hydrogen) atoms. The van der Waals surface area contributed by atoms with E-state index in [-0.39, 0.29) is 0 Å². The monoisotopic (exact) mass is 280 g/mol. The molecule has 0 heterocycles. The third-order valence-electron chi connectivity index (χ3n) is 2.25. The highest BCUT2D eigenvalue weighted by Gasteiger charge is 2.16. The van der Waals surface area contributed by atoms with E-state index in [1.165, 1.54) is 12.5 Å². The second-order valence-corrected chi connectivity index (χ2v) is 9.60. The Morgan fingerprint density at radius 3 is 2.47 bits per heavy atom. The van der Waals surface area contributed by atoms with E-state index in [4.69, 9.17) is 0 Å². The average molecular weight is 281 g/mol. The molecule has 0 amide bonds. The Morgan fingerprint density at radius 1 is 1.20 bits per heavy atom. The van der Waals surface area contributed by atoms with Crippen LogP contribution >= 0.6 is 15.9 Å². The quantitative estimate of drug-likeness (QED) is 0.445. The molecule has 0 nitrogen and oxygen atoms in total. The van der Waals surface area contributed by atoms with Crippen LogP contribution in [0.5, 0.6) is 0 Å². The summed E-state index contributed by atoms with van der Waals surface area (Å²) in [6.07, 6.45) is 1.24. The summed E-state index contributed by atoms with van der Waals surface area (Å²) in [5, 5.41) is 1.09. The van der Waals surface area contributed by atoms with Gasteiger partial charge in [-0.1, -0.05) is 53.1 Å². The lowest BCUT2D eigenvalue weighted by molar-refractivity contribution is 1.08. The molecule has 0 aromatic heterocycles. The summed E-state index contributed by atoms with van der Waals surface area (Å²) in [6.45, 7) is 4.68.